The van der Waals surface area contributed by atoms with E-state index < -0.39 is 6.61 Å². The Morgan fingerprint density at radius 3 is 2.57 bits per heavy atom. The first-order valence-electron chi connectivity index (χ1n) is 7.55. The maximum Gasteiger partial charge on any atom is 0.387 e. The van der Waals surface area contributed by atoms with Gasteiger partial charge in [0.2, 0.25) is 0 Å². The summed E-state index contributed by atoms with van der Waals surface area (Å²) in [6.45, 7) is 3.52. The van der Waals surface area contributed by atoms with Crippen molar-refractivity contribution in [3.63, 3.8) is 0 Å². The number of benzene rings is 1. The van der Waals surface area contributed by atoms with E-state index in [0.717, 1.165) is 31.5 Å². The van der Waals surface area contributed by atoms with E-state index in [1.165, 1.54) is 0 Å². The SMILES string of the molecule is CCC1CN(C(C)c2ccc(OC(F)F)cc2)CCC1N. The molecule has 3 unspecified atom stereocenters. The van der Waals surface area contributed by atoms with Crippen molar-refractivity contribution in [3.05, 3.63) is 29.8 Å². The van der Waals surface area contributed by atoms with E-state index in [-0.39, 0.29) is 11.8 Å². The lowest BCUT2D eigenvalue weighted by atomic mass is 9.89. The van der Waals surface area contributed by atoms with Crippen molar-refractivity contribution in [3.8, 4) is 5.75 Å². The average molecular weight is 298 g/mol. The third-order valence-corrected chi connectivity index (χ3v) is 4.48. The van der Waals surface area contributed by atoms with Crippen molar-refractivity contribution >= 4 is 0 Å². The number of halogens is 2. The molecule has 0 radical (unpaired) electrons. The highest BCUT2D eigenvalue weighted by atomic mass is 19.3. The summed E-state index contributed by atoms with van der Waals surface area (Å²) in [6, 6.07) is 7.47. The van der Waals surface area contributed by atoms with Gasteiger partial charge in [-0.25, -0.2) is 0 Å². The van der Waals surface area contributed by atoms with Crippen LogP contribution in [-0.4, -0.2) is 30.6 Å². The molecule has 1 saturated heterocycles. The standard InChI is InChI=1S/C16H24F2N2O/c1-3-12-10-20(9-8-15(12)19)11(2)13-4-6-14(7-5-13)21-16(17)18/h4-7,11-12,15-16H,3,8-10,19H2,1-2H3. The van der Waals surface area contributed by atoms with Crippen LogP contribution >= 0.6 is 0 Å². The molecular formula is C16H24F2N2O. The molecule has 1 fully saturated rings. The van der Waals surface area contributed by atoms with Crippen LogP contribution in [0.2, 0.25) is 0 Å². The molecule has 0 aromatic heterocycles. The lowest BCUT2D eigenvalue weighted by Gasteiger charge is -2.40. The first-order chi connectivity index (χ1) is 10.0. The Labute approximate surface area is 125 Å². The van der Waals surface area contributed by atoms with Gasteiger partial charge in [0.1, 0.15) is 5.75 Å². The molecule has 2 rings (SSSR count). The van der Waals surface area contributed by atoms with Gasteiger partial charge in [0.25, 0.3) is 0 Å². The average Bonchev–Trinajstić information content (AvgIpc) is 2.47. The number of rotatable bonds is 5. The molecule has 5 heteroatoms. The van der Waals surface area contributed by atoms with E-state index in [4.69, 9.17) is 5.73 Å². The minimum absolute atomic E-state index is 0.202. The van der Waals surface area contributed by atoms with E-state index >= 15 is 0 Å². The lowest BCUT2D eigenvalue weighted by molar-refractivity contribution is -0.0498. The number of hydrogen-bond donors (Lipinski definition) is 1. The Morgan fingerprint density at radius 1 is 1.33 bits per heavy atom. The van der Waals surface area contributed by atoms with Crippen LogP contribution in [0.1, 0.15) is 38.3 Å². The van der Waals surface area contributed by atoms with E-state index in [1.54, 1.807) is 12.1 Å². The third-order valence-electron chi connectivity index (χ3n) is 4.48. The van der Waals surface area contributed by atoms with Crippen LogP contribution in [0.5, 0.6) is 5.75 Å². The van der Waals surface area contributed by atoms with Gasteiger partial charge in [0.05, 0.1) is 0 Å². The Hall–Kier alpha value is -1.20. The fourth-order valence-electron chi connectivity index (χ4n) is 3.00. The molecule has 2 N–H and O–H groups in total. The highest BCUT2D eigenvalue weighted by Gasteiger charge is 2.28. The fraction of sp³-hybridized carbons (Fsp3) is 0.625. The monoisotopic (exact) mass is 298 g/mol. The molecule has 1 aromatic rings. The van der Waals surface area contributed by atoms with Crippen molar-refractivity contribution in [2.24, 2.45) is 11.7 Å². The molecular weight excluding hydrogens is 274 g/mol. The summed E-state index contributed by atoms with van der Waals surface area (Å²) in [5, 5.41) is 0. The van der Waals surface area contributed by atoms with Gasteiger partial charge in [0, 0.05) is 25.2 Å². The molecule has 118 valence electrons. The normalized spacial score (nSPS) is 25.0. The van der Waals surface area contributed by atoms with Crippen LogP contribution in [0.15, 0.2) is 24.3 Å². The molecule has 1 aliphatic rings. The quantitative estimate of drug-likeness (QED) is 0.905. The Balaban J connectivity index is 2.00. The van der Waals surface area contributed by atoms with Gasteiger partial charge < -0.3 is 10.5 Å². The van der Waals surface area contributed by atoms with Crippen molar-refractivity contribution in [1.82, 2.24) is 4.90 Å². The molecule has 0 saturated carbocycles. The molecule has 0 aliphatic carbocycles. The first-order valence-corrected chi connectivity index (χ1v) is 7.55. The number of piperidine rings is 1. The maximum absolute atomic E-state index is 12.1. The summed E-state index contributed by atoms with van der Waals surface area (Å²) in [6.07, 6.45) is 2.10. The largest absolute Gasteiger partial charge is 0.435 e. The molecule has 1 heterocycles. The Bertz CT molecular complexity index is 438. The van der Waals surface area contributed by atoms with E-state index in [9.17, 15) is 8.78 Å². The second kappa shape index (κ2) is 7.18. The molecule has 21 heavy (non-hydrogen) atoms. The predicted molar refractivity (Wildman–Crippen MR) is 79.4 cm³/mol. The summed E-state index contributed by atoms with van der Waals surface area (Å²) in [7, 11) is 0. The minimum atomic E-state index is -2.78. The summed E-state index contributed by atoms with van der Waals surface area (Å²) >= 11 is 0. The number of ether oxygens (including phenoxy) is 1. The van der Waals surface area contributed by atoms with Gasteiger partial charge >= 0.3 is 6.61 Å². The molecule has 1 aliphatic heterocycles. The predicted octanol–water partition coefficient (Wildman–Crippen LogP) is 3.41. The van der Waals surface area contributed by atoms with Gasteiger partial charge in [-0.15, -0.1) is 0 Å². The van der Waals surface area contributed by atoms with Crippen LogP contribution < -0.4 is 10.5 Å². The Morgan fingerprint density at radius 2 is 2.00 bits per heavy atom. The molecule has 0 bridgehead atoms. The van der Waals surface area contributed by atoms with Gasteiger partial charge in [-0.05, 0) is 37.0 Å². The summed E-state index contributed by atoms with van der Waals surface area (Å²) in [5.41, 5.74) is 7.26. The number of alkyl halides is 2. The van der Waals surface area contributed by atoms with Crippen molar-refractivity contribution in [2.45, 2.75) is 45.4 Å². The van der Waals surface area contributed by atoms with E-state index in [0.29, 0.717) is 12.0 Å². The van der Waals surface area contributed by atoms with E-state index in [1.807, 2.05) is 12.1 Å². The van der Waals surface area contributed by atoms with Crippen molar-refractivity contribution in [2.75, 3.05) is 13.1 Å². The van der Waals surface area contributed by atoms with Crippen molar-refractivity contribution in [1.29, 1.82) is 0 Å². The number of likely N-dealkylation sites (tertiary alicyclic amines) is 1. The third kappa shape index (κ3) is 4.14. The molecule has 1 aromatic carbocycles. The number of nitrogens with two attached hydrogens (primary N) is 1. The lowest BCUT2D eigenvalue weighted by Crippen LogP contribution is -2.47. The molecule has 0 spiro atoms. The zero-order chi connectivity index (χ0) is 15.4. The summed E-state index contributed by atoms with van der Waals surface area (Å²) in [4.78, 5) is 2.42. The van der Waals surface area contributed by atoms with E-state index in [2.05, 4.69) is 23.5 Å². The smallest absolute Gasteiger partial charge is 0.387 e. The maximum atomic E-state index is 12.1. The highest BCUT2D eigenvalue weighted by Crippen LogP contribution is 2.28. The fourth-order valence-corrected chi connectivity index (χ4v) is 3.00. The zero-order valence-corrected chi connectivity index (χ0v) is 12.6. The van der Waals surface area contributed by atoms with Crippen molar-refractivity contribution < 1.29 is 13.5 Å². The van der Waals surface area contributed by atoms with Gasteiger partial charge in [-0.1, -0.05) is 25.5 Å². The van der Waals surface area contributed by atoms with Crippen LogP contribution in [-0.2, 0) is 0 Å². The van der Waals surface area contributed by atoms with Crippen LogP contribution in [0.4, 0.5) is 8.78 Å². The minimum Gasteiger partial charge on any atom is -0.435 e. The topological polar surface area (TPSA) is 38.5 Å². The summed E-state index contributed by atoms with van der Waals surface area (Å²) in [5.74, 6) is 0.732. The highest BCUT2D eigenvalue weighted by molar-refractivity contribution is 5.29. The Kier molecular flexibility index (Phi) is 5.53. The van der Waals surface area contributed by atoms with Gasteiger partial charge in [-0.2, -0.15) is 8.78 Å². The second-order valence-corrected chi connectivity index (χ2v) is 5.74. The molecule has 3 atom stereocenters. The van der Waals surface area contributed by atoms with Gasteiger partial charge in [0.15, 0.2) is 0 Å². The first kappa shape index (κ1) is 16.2. The molecule has 0 amide bonds. The zero-order valence-electron chi connectivity index (χ0n) is 12.6. The van der Waals surface area contributed by atoms with Gasteiger partial charge in [-0.3, -0.25) is 4.90 Å². The van der Waals surface area contributed by atoms with Crippen LogP contribution in [0.25, 0.3) is 0 Å². The number of hydrogen-bond acceptors (Lipinski definition) is 3. The molecule has 3 nitrogen and oxygen atoms in total. The summed E-state index contributed by atoms with van der Waals surface area (Å²) < 4.78 is 28.7. The number of nitrogens with zero attached hydrogens (tertiary/aromatic N) is 1. The van der Waals surface area contributed by atoms with Crippen LogP contribution in [0, 0.1) is 5.92 Å². The van der Waals surface area contributed by atoms with Crippen LogP contribution in [0.3, 0.4) is 0 Å². The second-order valence-electron chi connectivity index (χ2n) is 5.74.